The molecule has 0 saturated heterocycles. The van der Waals surface area contributed by atoms with Crippen molar-refractivity contribution in [3.63, 3.8) is 0 Å². The molecule has 8 heteroatoms. The van der Waals surface area contributed by atoms with Crippen LogP contribution < -0.4 is 11.1 Å². The molecule has 1 aromatic carbocycles. The van der Waals surface area contributed by atoms with Crippen LogP contribution in [0.3, 0.4) is 0 Å². The van der Waals surface area contributed by atoms with Gasteiger partial charge in [-0.15, -0.1) is 0 Å². The highest BCUT2D eigenvalue weighted by atomic mass is 79.9. The van der Waals surface area contributed by atoms with Crippen LogP contribution in [0.15, 0.2) is 28.7 Å². The SMILES string of the molecule is COC(=O)c1ccc(N)c(Nc2c(Cl)cc(F)cc2Br)n1. The summed E-state index contributed by atoms with van der Waals surface area (Å²) in [7, 11) is 1.25. The Bertz CT molecular complexity index is 689. The third-order valence-corrected chi connectivity index (χ3v) is 3.49. The minimum absolute atomic E-state index is 0.0866. The molecule has 1 aromatic heterocycles. The number of esters is 1. The number of nitrogens with zero attached hydrogens (tertiary/aromatic N) is 1. The van der Waals surface area contributed by atoms with Crippen molar-refractivity contribution in [1.29, 1.82) is 0 Å². The predicted molar refractivity (Wildman–Crippen MR) is 82.4 cm³/mol. The van der Waals surface area contributed by atoms with Gasteiger partial charge in [-0.25, -0.2) is 14.2 Å². The number of halogens is 3. The highest BCUT2D eigenvalue weighted by Crippen LogP contribution is 2.34. The van der Waals surface area contributed by atoms with Gasteiger partial charge in [0.15, 0.2) is 11.5 Å². The Kier molecular flexibility index (Phi) is 4.64. The summed E-state index contributed by atoms with van der Waals surface area (Å²) in [5.74, 6) is -0.865. The van der Waals surface area contributed by atoms with Crippen molar-refractivity contribution in [3.05, 3.63) is 45.3 Å². The van der Waals surface area contributed by atoms with E-state index in [0.29, 0.717) is 15.8 Å². The maximum atomic E-state index is 13.2. The maximum Gasteiger partial charge on any atom is 0.356 e. The molecule has 0 spiro atoms. The lowest BCUT2D eigenvalue weighted by atomic mass is 10.2. The number of nitrogens with two attached hydrogens (primary N) is 1. The summed E-state index contributed by atoms with van der Waals surface area (Å²) in [5, 5.41) is 3.01. The first kappa shape index (κ1) is 15.5. The third kappa shape index (κ3) is 3.43. The number of rotatable bonds is 3. The van der Waals surface area contributed by atoms with E-state index in [-0.39, 0.29) is 16.5 Å². The van der Waals surface area contributed by atoms with Crippen LogP contribution in [0.4, 0.5) is 21.6 Å². The summed E-state index contributed by atoms with van der Waals surface area (Å²) in [5.41, 5.74) is 6.58. The number of aromatic nitrogens is 1. The minimum atomic E-state index is -0.595. The second kappa shape index (κ2) is 6.28. The number of anilines is 3. The Balaban J connectivity index is 2.42. The lowest BCUT2D eigenvalue weighted by Gasteiger charge is -2.12. The molecule has 0 saturated carbocycles. The van der Waals surface area contributed by atoms with Crippen molar-refractivity contribution in [1.82, 2.24) is 4.98 Å². The van der Waals surface area contributed by atoms with E-state index in [9.17, 15) is 9.18 Å². The zero-order chi connectivity index (χ0) is 15.6. The molecule has 0 atom stereocenters. The van der Waals surface area contributed by atoms with Gasteiger partial charge in [0, 0.05) is 4.47 Å². The van der Waals surface area contributed by atoms with Gasteiger partial charge in [-0.3, -0.25) is 0 Å². The lowest BCUT2D eigenvalue weighted by Crippen LogP contribution is -2.08. The zero-order valence-corrected chi connectivity index (χ0v) is 13.1. The first-order chi connectivity index (χ1) is 9.92. The van der Waals surface area contributed by atoms with E-state index in [2.05, 4.69) is 31.0 Å². The molecule has 0 radical (unpaired) electrons. The van der Waals surface area contributed by atoms with Gasteiger partial charge in [0.2, 0.25) is 0 Å². The van der Waals surface area contributed by atoms with Crippen LogP contribution in [-0.2, 0) is 4.74 Å². The number of methoxy groups -OCH3 is 1. The fourth-order valence-electron chi connectivity index (χ4n) is 1.57. The molecule has 0 aliphatic heterocycles. The van der Waals surface area contributed by atoms with E-state index in [1.807, 2.05) is 0 Å². The van der Waals surface area contributed by atoms with Crippen molar-refractivity contribution >= 4 is 50.7 Å². The molecule has 5 nitrogen and oxygen atoms in total. The van der Waals surface area contributed by atoms with Gasteiger partial charge < -0.3 is 15.8 Å². The Labute approximate surface area is 133 Å². The molecule has 0 aliphatic rings. The van der Waals surface area contributed by atoms with E-state index in [0.717, 1.165) is 6.07 Å². The molecule has 0 amide bonds. The predicted octanol–water partition coefficient (Wildman–Crippen LogP) is 3.75. The van der Waals surface area contributed by atoms with E-state index in [1.54, 1.807) is 0 Å². The Morgan fingerprint density at radius 3 is 2.81 bits per heavy atom. The van der Waals surface area contributed by atoms with E-state index in [1.165, 1.54) is 25.3 Å². The number of benzene rings is 1. The summed E-state index contributed by atoms with van der Waals surface area (Å²) < 4.78 is 18.2. The first-order valence-electron chi connectivity index (χ1n) is 5.68. The van der Waals surface area contributed by atoms with Crippen LogP contribution in [0.2, 0.25) is 5.02 Å². The van der Waals surface area contributed by atoms with E-state index in [4.69, 9.17) is 17.3 Å². The normalized spacial score (nSPS) is 10.3. The maximum absolute atomic E-state index is 13.2. The summed E-state index contributed by atoms with van der Waals surface area (Å²) in [6.45, 7) is 0. The van der Waals surface area contributed by atoms with Crippen molar-refractivity contribution in [3.8, 4) is 0 Å². The van der Waals surface area contributed by atoms with Crippen LogP contribution in [0, 0.1) is 5.82 Å². The van der Waals surface area contributed by atoms with Gasteiger partial charge >= 0.3 is 5.97 Å². The van der Waals surface area contributed by atoms with E-state index >= 15 is 0 Å². The van der Waals surface area contributed by atoms with E-state index < -0.39 is 11.8 Å². The second-order valence-corrected chi connectivity index (χ2v) is 5.26. The highest BCUT2D eigenvalue weighted by molar-refractivity contribution is 9.10. The zero-order valence-electron chi connectivity index (χ0n) is 10.8. The van der Waals surface area contributed by atoms with Crippen LogP contribution in [0.1, 0.15) is 10.5 Å². The molecule has 0 fully saturated rings. The Hall–Kier alpha value is -1.86. The largest absolute Gasteiger partial charge is 0.464 e. The topological polar surface area (TPSA) is 77.2 Å². The number of hydrogen-bond donors (Lipinski definition) is 2. The molecule has 2 aromatic rings. The molecule has 21 heavy (non-hydrogen) atoms. The van der Waals surface area contributed by atoms with Crippen molar-refractivity contribution in [2.75, 3.05) is 18.2 Å². The molecule has 3 N–H and O–H groups in total. The quantitative estimate of drug-likeness (QED) is 0.800. The number of ether oxygens (including phenoxy) is 1. The van der Waals surface area contributed by atoms with Gasteiger partial charge in [0.05, 0.1) is 23.5 Å². The Morgan fingerprint density at radius 2 is 2.19 bits per heavy atom. The molecule has 2 rings (SSSR count). The van der Waals surface area contributed by atoms with Gasteiger partial charge in [0.1, 0.15) is 5.82 Å². The molecule has 1 heterocycles. The van der Waals surface area contributed by atoms with Gasteiger partial charge in [-0.2, -0.15) is 0 Å². The number of nitrogen functional groups attached to an aromatic ring is 1. The lowest BCUT2D eigenvalue weighted by molar-refractivity contribution is 0.0594. The van der Waals surface area contributed by atoms with Crippen molar-refractivity contribution in [2.24, 2.45) is 0 Å². The average molecular weight is 375 g/mol. The van der Waals surface area contributed by atoms with Crippen LogP contribution in [-0.4, -0.2) is 18.1 Å². The number of carbonyl (C=O) groups excluding carboxylic acids is 1. The molecule has 110 valence electrons. The van der Waals surface area contributed by atoms with Gasteiger partial charge in [-0.1, -0.05) is 11.6 Å². The highest BCUT2D eigenvalue weighted by Gasteiger charge is 2.14. The van der Waals surface area contributed by atoms with Crippen LogP contribution >= 0.6 is 27.5 Å². The molecule has 0 aliphatic carbocycles. The van der Waals surface area contributed by atoms with Crippen molar-refractivity contribution < 1.29 is 13.9 Å². The second-order valence-electron chi connectivity index (χ2n) is 4.00. The summed E-state index contributed by atoms with van der Waals surface area (Å²) in [4.78, 5) is 15.5. The van der Waals surface area contributed by atoms with Gasteiger partial charge in [-0.05, 0) is 40.2 Å². The first-order valence-corrected chi connectivity index (χ1v) is 6.86. The smallest absolute Gasteiger partial charge is 0.356 e. The average Bonchev–Trinajstić information content (AvgIpc) is 2.43. The van der Waals surface area contributed by atoms with Crippen molar-refractivity contribution in [2.45, 2.75) is 0 Å². The molecule has 0 bridgehead atoms. The van der Waals surface area contributed by atoms with Gasteiger partial charge in [0.25, 0.3) is 0 Å². The standard InChI is InChI=1S/C13H10BrClFN3O2/c1-21-13(20)10-3-2-9(17)12(18-10)19-11-7(14)4-6(16)5-8(11)15/h2-5H,17H2,1H3,(H,18,19). The number of carbonyl (C=O) groups is 1. The van der Waals surface area contributed by atoms with Crippen LogP contribution in [0.5, 0.6) is 0 Å². The summed E-state index contributed by atoms with van der Waals surface area (Å²) >= 11 is 9.17. The third-order valence-electron chi connectivity index (χ3n) is 2.57. The monoisotopic (exact) mass is 373 g/mol. The van der Waals surface area contributed by atoms with Crippen LogP contribution in [0.25, 0.3) is 0 Å². The Morgan fingerprint density at radius 1 is 1.48 bits per heavy atom. The minimum Gasteiger partial charge on any atom is -0.464 e. The fourth-order valence-corrected chi connectivity index (χ4v) is 2.47. The number of pyridine rings is 1. The summed E-state index contributed by atoms with van der Waals surface area (Å²) in [6, 6.07) is 5.34. The fraction of sp³-hybridized carbons (Fsp3) is 0.0769. The number of nitrogens with one attached hydrogen (secondary N) is 1. The molecule has 0 unspecified atom stereocenters. The number of hydrogen-bond acceptors (Lipinski definition) is 5. The molecular weight excluding hydrogens is 365 g/mol. The summed E-state index contributed by atoms with van der Waals surface area (Å²) in [6.07, 6.45) is 0. The molecular formula is C13H10BrClFN3O2.